The number of piperazine rings is 1. The molecule has 156 valence electrons. The maximum atomic E-state index is 13.2. The quantitative estimate of drug-likeness (QED) is 0.748. The van der Waals surface area contributed by atoms with E-state index < -0.39 is 11.6 Å². The molecule has 2 aliphatic heterocycles. The number of carbonyl (C=O) groups is 3. The molecule has 1 aromatic carbocycles. The maximum absolute atomic E-state index is 13.2. The number of rotatable bonds is 5. The van der Waals surface area contributed by atoms with Crippen LogP contribution >= 0.6 is 0 Å². The lowest BCUT2D eigenvalue weighted by Crippen LogP contribution is -2.53. The molecule has 2 saturated heterocycles. The molecule has 0 radical (unpaired) electrons. The van der Waals surface area contributed by atoms with Gasteiger partial charge in [-0.25, -0.2) is 9.78 Å². The standard InChI is InChI=1S/C22H25N5O3/c1-2-22(17-8-4-3-5-9-17)20(29)27(21(30)24-22)16-19(28)26-14-12-25(13-15-26)18-10-6-7-11-23-18/h3-11H,2,12-16H2,1H3,(H,24,30)/p+1/t22-/m0/s1. The molecule has 2 aliphatic rings. The zero-order valence-corrected chi connectivity index (χ0v) is 17.0. The number of H-pyrrole nitrogens is 1. The van der Waals surface area contributed by atoms with Crippen LogP contribution in [0.2, 0.25) is 0 Å². The Labute approximate surface area is 175 Å². The molecule has 2 N–H and O–H groups in total. The summed E-state index contributed by atoms with van der Waals surface area (Å²) in [7, 11) is 0. The molecule has 0 spiro atoms. The average molecular weight is 408 g/mol. The van der Waals surface area contributed by atoms with Gasteiger partial charge < -0.3 is 10.2 Å². The number of anilines is 1. The molecular weight excluding hydrogens is 382 g/mol. The van der Waals surface area contributed by atoms with E-state index in [2.05, 4.69) is 15.2 Å². The van der Waals surface area contributed by atoms with Crippen LogP contribution in [0.1, 0.15) is 18.9 Å². The molecule has 4 rings (SSSR count). The Hall–Kier alpha value is -3.42. The van der Waals surface area contributed by atoms with Crippen molar-refractivity contribution in [1.82, 2.24) is 15.1 Å². The molecule has 0 unspecified atom stereocenters. The molecule has 0 bridgehead atoms. The number of amides is 4. The first-order chi connectivity index (χ1) is 14.5. The van der Waals surface area contributed by atoms with Crippen molar-refractivity contribution in [3.63, 3.8) is 0 Å². The molecular formula is C22H26N5O3+. The van der Waals surface area contributed by atoms with E-state index in [1.807, 2.05) is 61.7 Å². The number of hydrogen-bond donors (Lipinski definition) is 1. The number of nitrogens with zero attached hydrogens (tertiary/aromatic N) is 3. The summed E-state index contributed by atoms with van der Waals surface area (Å²) in [6, 6.07) is 14.6. The molecule has 4 amide bonds. The second kappa shape index (κ2) is 8.14. The van der Waals surface area contributed by atoms with Crippen molar-refractivity contribution < 1.29 is 19.4 Å². The Balaban J connectivity index is 1.41. The molecule has 3 heterocycles. The number of carbonyl (C=O) groups excluding carboxylic acids is 3. The van der Waals surface area contributed by atoms with Crippen LogP contribution in [0.15, 0.2) is 54.7 Å². The van der Waals surface area contributed by atoms with Gasteiger partial charge in [0.2, 0.25) is 5.91 Å². The van der Waals surface area contributed by atoms with Gasteiger partial charge in [-0.15, -0.1) is 0 Å². The molecule has 2 fully saturated rings. The smallest absolute Gasteiger partial charge is 0.325 e. The number of nitrogens with one attached hydrogen (secondary N) is 2. The van der Waals surface area contributed by atoms with Gasteiger partial charge in [-0.05, 0) is 18.1 Å². The SMILES string of the molecule is CC[C@@]1(c2ccccc2)NC(=O)N(CC(=O)N2CCN(c3cccc[nH+]3)CC2)C1=O. The molecule has 8 nitrogen and oxygen atoms in total. The number of pyridine rings is 1. The van der Waals surface area contributed by atoms with Crippen molar-refractivity contribution in [2.24, 2.45) is 0 Å². The van der Waals surface area contributed by atoms with Crippen LogP contribution in [0.25, 0.3) is 0 Å². The zero-order valence-electron chi connectivity index (χ0n) is 17.0. The summed E-state index contributed by atoms with van der Waals surface area (Å²) < 4.78 is 0. The third kappa shape index (κ3) is 3.49. The van der Waals surface area contributed by atoms with Gasteiger partial charge in [-0.3, -0.25) is 19.4 Å². The van der Waals surface area contributed by atoms with E-state index in [1.54, 1.807) is 4.90 Å². The first-order valence-electron chi connectivity index (χ1n) is 10.2. The largest absolute Gasteiger partial charge is 0.333 e. The lowest BCUT2D eigenvalue weighted by molar-refractivity contribution is -0.364. The predicted octanol–water partition coefficient (Wildman–Crippen LogP) is 1.01. The molecule has 0 saturated carbocycles. The van der Waals surface area contributed by atoms with Crippen LogP contribution in [0.5, 0.6) is 0 Å². The third-order valence-corrected chi connectivity index (χ3v) is 5.93. The van der Waals surface area contributed by atoms with Crippen LogP contribution in [-0.4, -0.2) is 60.4 Å². The van der Waals surface area contributed by atoms with Crippen molar-refractivity contribution >= 4 is 23.7 Å². The van der Waals surface area contributed by atoms with E-state index in [0.29, 0.717) is 32.6 Å². The van der Waals surface area contributed by atoms with E-state index in [0.717, 1.165) is 16.3 Å². The first kappa shape index (κ1) is 19.9. The normalized spacial score (nSPS) is 21.7. The van der Waals surface area contributed by atoms with Crippen molar-refractivity contribution in [3.8, 4) is 0 Å². The van der Waals surface area contributed by atoms with E-state index >= 15 is 0 Å². The highest BCUT2D eigenvalue weighted by Gasteiger charge is 2.51. The Kier molecular flexibility index (Phi) is 5.39. The second-order valence-electron chi connectivity index (χ2n) is 7.56. The lowest BCUT2D eigenvalue weighted by Gasteiger charge is -2.32. The number of aromatic nitrogens is 1. The summed E-state index contributed by atoms with van der Waals surface area (Å²) in [5.41, 5.74) is -0.381. The predicted molar refractivity (Wildman–Crippen MR) is 110 cm³/mol. The van der Waals surface area contributed by atoms with Gasteiger partial charge >= 0.3 is 6.03 Å². The van der Waals surface area contributed by atoms with Crippen molar-refractivity contribution in [3.05, 3.63) is 60.3 Å². The van der Waals surface area contributed by atoms with Gasteiger partial charge in [0, 0.05) is 6.07 Å². The van der Waals surface area contributed by atoms with E-state index in [9.17, 15) is 14.4 Å². The van der Waals surface area contributed by atoms with Crippen LogP contribution in [0.4, 0.5) is 10.6 Å². The number of hydrogen-bond acceptors (Lipinski definition) is 4. The van der Waals surface area contributed by atoms with Gasteiger partial charge in [0.15, 0.2) is 0 Å². The van der Waals surface area contributed by atoms with Gasteiger partial charge in [0.25, 0.3) is 11.7 Å². The highest BCUT2D eigenvalue weighted by molar-refractivity contribution is 6.09. The Bertz CT molecular complexity index is 928. The van der Waals surface area contributed by atoms with E-state index in [4.69, 9.17) is 0 Å². The average Bonchev–Trinajstić information content (AvgIpc) is 3.05. The fourth-order valence-electron chi connectivity index (χ4n) is 4.14. The van der Waals surface area contributed by atoms with Crippen LogP contribution in [-0.2, 0) is 15.1 Å². The lowest BCUT2D eigenvalue weighted by atomic mass is 9.87. The van der Waals surface area contributed by atoms with Crippen LogP contribution in [0, 0.1) is 0 Å². The summed E-state index contributed by atoms with van der Waals surface area (Å²) in [4.78, 5) is 46.8. The summed E-state index contributed by atoms with van der Waals surface area (Å²) in [6.07, 6.45) is 2.29. The molecule has 0 aliphatic carbocycles. The first-order valence-corrected chi connectivity index (χ1v) is 10.2. The topological polar surface area (TPSA) is 87.1 Å². The Morgan fingerprint density at radius 1 is 1.03 bits per heavy atom. The molecule has 30 heavy (non-hydrogen) atoms. The van der Waals surface area contributed by atoms with Crippen LogP contribution in [0.3, 0.4) is 0 Å². The summed E-state index contributed by atoms with van der Waals surface area (Å²) in [6.45, 7) is 4.09. The Morgan fingerprint density at radius 3 is 2.37 bits per heavy atom. The zero-order chi connectivity index (χ0) is 21.1. The van der Waals surface area contributed by atoms with Crippen molar-refractivity contribution in [2.45, 2.75) is 18.9 Å². The minimum atomic E-state index is -1.11. The van der Waals surface area contributed by atoms with E-state index in [1.165, 1.54) is 0 Å². The third-order valence-electron chi connectivity index (χ3n) is 5.93. The second-order valence-corrected chi connectivity index (χ2v) is 7.56. The number of urea groups is 1. The Morgan fingerprint density at radius 2 is 1.73 bits per heavy atom. The number of imide groups is 1. The summed E-state index contributed by atoms with van der Waals surface area (Å²) in [5.74, 6) is 0.427. The van der Waals surface area contributed by atoms with Crippen molar-refractivity contribution in [1.29, 1.82) is 0 Å². The number of aromatic amines is 1. The highest BCUT2D eigenvalue weighted by atomic mass is 16.2. The monoisotopic (exact) mass is 408 g/mol. The minimum absolute atomic E-state index is 0.213. The molecule has 1 atom stereocenters. The maximum Gasteiger partial charge on any atom is 0.325 e. The fraction of sp³-hybridized carbons (Fsp3) is 0.364. The molecule has 8 heteroatoms. The van der Waals surface area contributed by atoms with Gasteiger partial charge in [0.1, 0.15) is 25.2 Å². The highest BCUT2D eigenvalue weighted by Crippen LogP contribution is 2.32. The molecule has 2 aromatic rings. The van der Waals surface area contributed by atoms with Crippen molar-refractivity contribution in [2.75, 3.05) is 37.6 Å². The van der Waals surface area contributed by atoms with Gasteiger partial charge in [0.05, 0.1) is 19.3 Å². The summed E-state index contributed by atoms with van der Waals surface area (Å²) >= 11 is 0. The van der Waals surface area contributed by atoms with Gasteiger partial charge in [-0.1, -0.05) is 43.3 Å². The van der Waals surface area contributed by atoms with Gasteiger partial charge in [-0.2, -0.15) is 0 Å². The fourth-order valence-corrected chi connectivity index (χ4v) is 4.14. The summed E-state index contributed by atoms with van der Waals surface area (Å²) in [5, 5.41) is 2.82. The van der Waals surface area contributed by atoms with E-state index in [-0.39, 0.29) is 18.4 Å². The molecule has 1 aromatic heterocycles. The number of benzene rings is 1. The van der Waals surface area contributed by atoms with Crippen LogP contribution < -0.4 is 15.2 Å². The minimum Gasteiger partial charge on any atom is -0.333 e.